The summed E-state index contributed by atoms with van der Waals surface area (Å²) in [6.07, 6.45) is 0. The number of ketones is 1. The predicted octanol–water partition coefficient (Wildman–Crippen LogP) is 4.33. The molecule has 1 fully saturated rings. The van der Waals surface area contributed by atoms with Gasteiger partial charge in [0.15, 0.2) is 0 Å². The molecular weight excluding hydrogens is 454 g/mol. The molecule has 1 N–H and O–H groups in total. The maximum Gasteiger partial charge on any atom is 0.301 e. The van der Waals surface area contributed by atoms with Crippen molar-refractivity contribution >= 4 is 44.7 Å². The number of benzene rings is 3. The molecule has 170 valence electrons. The highest BCUT2D eigenvalue weighted by molar-refractivity contribution is 7.13. The second-order valence-electron chi connectivity index (χ2n) is 7.59. The van der Waals surface area contributed by atoms with Crippen molar-refractivity contribution in [2.75, 3.05) is 19.1 Å². The Hall–Kier alpha value is -4.24. The lowest BCUT2D eigenvalue weighted by atomic mass is 9.94. The first kappa shape index (κ1) is 21.6. The number of rotatable bonds is 5. The van der Waals surface area contributed by atoms with Gasteiger partial charge in [0, 0.05) is 5.56 Å². The lowest BCUT2D eigenvalue weighted by Gasteiger charge is -2.23. The molecule has 1 saturated heterocycles. The van der Waals surface area contributed by atoms with Crippen molar-refractivity contribution in [2.24, 2.45) is 0 Å². The first-order valence-corrected chi connectivity index (χ1v) is 11.2. The highest BCUT2D eigenvalue weighted by atomic mass is 32.1. The zero-order chi connectivity index (χ0) is 23.8. The summed E-state index contributed by atoms with van der Waals surface area (Å²) in [6, 6.07) is 17.0. The van der Waals surface area contributed by atoms with Crippen LogP contribution in [-0.4, -0.2) is 41.2 Å². The van der Waals surface area contributed by atoms with Crippen LogP contribution in [0.5, 0.6) is 11.5 Å². The van der Waals surface area contributed by atoms with Crippen molar-refractivity contribution in [3.63, 3.8) is 0 Å². The zero-order valence-electron chi connectivity index (χ0n) is 18.3. The predicted molar refractivity (Wildman–Crippen MR) is 128 cm³/mol. The fourth-order valence-electron chi connectivity index (χ4n) is 4.08. The first-order chi connectivity index (χ1) is 16.5. The smallest absolute Gasteiger partial charge is 0.301 e. The summed E-state index contributed by atoms with van der Waals surface area (Å²) in [4.78, 5) is 27.6. The first-order valence-electron chi connectivity index (χ1n) is 10.3. The van der Waals surface area contributed by atoms with Gasteiger partial charge in [-0.05, 0) is 46.7 Å². The quantitative estimate of drug-likeness (QED) is 0.261. The SMILES string of the molecule is COc1cccc(C2/C(=C(\O)c3ccc4cc(OC)ccc4c3)C(=O)C(=O)N2c2nncs2)c1. The zero-order valence-corrected chi connectivity index (χ0v) is 19.1. The molecule has 8 nitrogen and oxygen atoms in total. The van der Waals surface area contributed by atoms with Gasteiger partial charge in [-0.25, -0.2) is 0 Å². The molecule has 0 spiro atoms. The number of hydrogen-bond acceptors (Lipinski definition) is 8. The average molecular weight is 474 g/mol. The van der Waals surface area contributed by atoms with Gasteiger partial charge in [-0.15, -0.1) is 10.2 Å². The van der Waals surface area contributed by atoms with Gasteiger partial charge in [-0.3, -0.25) is 14.5 Å². The Balaban J connectivity index is 1.70. The number of ether oxygens (including phenoxy) is 2. The lowest BCUT2D eigenvalue weighted by Crippen LogP contribution is -2.29. The van der Waals surface area contributed by atoms with Gasteiger partial charge in [0.25, 0.3) is 5.78 Å². The minimum atomic E-state index is -0.894. The van der Waals surface area contributed by atoms with E-state index in [1.807, 2.05) is 24.3 Å². The van der Waals surface area contributed by atoms with Crippen LogP contribution in [0, 0.1) is 0 Å². The fourth-order valence-corrected chi connectivity index (χ4v) is 4.67. The molecule has 1 amide bonds. The van der Waals surface area contributed by atoms with Gasteiger partial charge >= 0.3 is 5.91 Å². The van der Waals surface area contributed by atoms with E-state index in [9.17, 15) is 14.7 Å². The molecule has 0 bridgehead atoms. The van der Waals surface area contributed by atoms with Crippen LogP contribution < -0.4 is 14.4 Å². The summed E-state index contributed by atoms with van der Waals surface area (Å²) < 4.78 is 10.6. The number of amides is 1. The Bertz CT molecular complexity index is 1450. The molecular formula is C25H19N3O5S. The van der Waals surface area contributed by atoms with Crippen molar-refractivity contribution < 1.29 is 24.2 Å². The normalized spacial score (nSPS) is 17.4. The highest BCUT2D eigenvalue weighted by Gasteiger charge is 2.48. The molecule has 2 heterocycles. The van der Waals surface area contributed by atoms with Crippen molar-refractivity contribution in [1.29, 1.82) is 0 Å². The van der Waals surface area contributed by atoms with E-state index in [0.29, 0.717) is 22.6 Å². The van der Waals surface area contributed by atoms with Gasteiger partial charge in [0.2, 0.25) is 5.13 Å². The van der Waals surface area contributed by atoms with Crippen molar-refractivity contribution in [3.05, 3.63) is 82.9 Å². The molecule has 34 heavy (non-hydrogen) atoms. The van der Waals surface area contributed by atoms with Crippen LogP contribution in [-0.2, 0) is 9.59 Å². The van der Waals surface area contributed by atoms with Crippen LogP contribution in [0.2, 0.25) is 0 Å². The Kier molecular flexibility index (Phi) is 5.46. The van der Waals surface area contributed by atoms with Crippen LogP contribution in [0.3, 0.4) is 0 Å². The molecule has 0 saturated carbocycles. The van der Waals surface area contributed by atoms with Crippen molar-refractivity contribution in [2.45, 2.75) is 6.04 Å². The minimum absolute atomic E-state index is 0.0266. The lowest BCUT2D eigenvalue weighted by molar-refractivity contribution is -0.132. The molecule has 1 aromatic heterocycles. The van der Waals surface area contributed by atoms with Crippen molar-refractivity contribution in [3.8, 4) is 11.5 Å². The van der Waals surface area contributed by atoms with E-state index in [0.717, 1.165) is 22.1 Å². The van der Waals surface area contributed by atoms with Gasteiger partial charge in [0.1, 0.15) is 22.8 Å². The fraction of sp³-hybridized carbons (Fsp3) is 0.120. The number of aliphatic hydroxyl groups excluding tert-OH is 1. The second kappa shape index (κ2) is 8.60. The summed E-state index contributed by atoms with van der Waals surface area (Å²) in [5.41, 5.74) is 2.47. The maximum absolute atomic E-state index is 13.2. The number of aromatic nitrogens is 2. The molecule has 0 radical (unpaired) electrons. The highest BCUT2D eigenvalue weighted by Crippen LogP contribution is 2.43. The van der Waals surface area contributed by atoms with E-state index in [1.165, 1.54) is 17.5 Å². The number of nitrogens with zero attached hydrogens (tertiary/aromatic N) is 3. The number of fused-ring (bicyclic) bond motifs is 1. The molecule has 0 aliphatic carbocycles. The third-order valence-corrected chi connectivity index (χ3v) is 6.42. The van der Waals surface area contributed by atoms with Crippen LogP contribution in [0.1, 0.15) is 17.2 Å². The number of methoxy groups -OCH3 is 2. The molecule has 4 aromatic rings. The molecule has 3 aromatic carbocycles. The van der Waals surface area contributed by atoms with Crippen LogP contribution in [0.25, 0.3) is 16.5 Å². The van der Waals surface area contributed by atoms with Gasteiger partial charge in [-0.2, -0.15) is 0 Å². The standard InChI is InChI=1S/C25H19N3O5S/c1-32-18-5-3-4-16(12-18)21-20(23(30)24(31)28(21)25-27-26-13-34-25)22(29)17-7-6-15-11-19(33-2)9-8-14(15)10-17/h3-13,21,29H,1-2H3/b22-20+. The molecule has 1 aliphatic rings. The van der Waals surface area contributed by atoms with Gasteiger partial charge in [-0.1, -0.05) is 41.7 Å². The molecule has 9 heteroatoms. The number of aliphatic hydroxyl groups is 1. The van der Waals surface area contributed by atoms with Crippen LogP contribution in [0.15, 0.2) is 71.7 Å². The number of hydrogen-bond donors (Lipinski definition) is 1. The third kappa shape index (κ3) is 3.56. The van der Waals surface area contributed by atoms with E-state index in [4.69, 9.17) is 9.47 Å². The van der Waals surface area contributed by atoms with Crippen molar-refractivity contribution in [1.82, 2.24) is 10.2 Å². The second-order valence-corrected chi connectivity index (χ2v) is 8.41. The average Bonchev–Trinajstić information content (AvgIpc) is 3.49. The summed E-state index contributed by atoms with van der Waals surface area (Å²) in [6.45, 7) is 0. The number of carbonyl (C=O) groups is 2. The van der Waals surface area contributed by atoms with E-state index >= 15 is 0 Å². The molecule has 1 aliphatic heterocycles. The topological polar surface area (TPSA) is 102 Å². The van der Waals surface area contributed by atoms with Crippen LogP contribution in [0.4, 0.5) is 5.13 Å². The third-order valence-electron chi connectivity index (χ3n) is 5.73. The van der Waals surface area contributed by atoms with E-state index < -0.39 is 17.7 Å². The monoisotopic (exact) mass is 473 g/mol. The Morgan fingerprint density at radius 1 is 0.971 bits per heavy atom. The molecule has 1 atom stereocenters. The number of carbonyl (C=O) groups excluding carboxylic acids is 2. The summed E-state index contributed by atoms with van der Waals surface area (Å²) in [5.74, 6) is -0.576. The molecule has 5 rings (SSSR count). The summed E-state index contributed by atoms with van der Waals surface area (Å²) in [5, 5.41) is 21.2. The van der Waals surface area contributed by atoms with E-state index in [2.05, 4.69) is 10.2 Å². The Labute approximate surface area is 198 Å². The van der Waals surface area contributed by atoms with Gasteiger partial charge < -0.3 is 14.6 Å². The Morgan fingerprint density at radius 2 is 1.71 bits per heavy atom. The summed E-state index contributed by atoms with van der Waals surface area (Å²) in [7, 11) is 3.13. The van der Waals surface area contributed by atoms with Crippen LogP contribution >= 0.6 is 11.3 Å². The summed E-state index contributed by atoms with van der Waals surface area (Å²) >= 11 is 1.13. The molecule has 1 unspecified atom stereocenters. The van der Waals surface area contributed by atoms with E-state index in [1.54, 1.807) is 43.5 Å². The number of anilines is 1. The largest absolute Gasteiger partial charge is 0.507 e. The maximum atomic E-state index is 13.2. The van der Waals surface area contributed by atoms with Gasteiger partial charge in [0.05, 0.1) is 25.8 Å². The Morgan fingerprint density at radius 3 is 2.44 bits per heavy atom. The van der Waals surface area contributed by atoms with E-state index in [-0.39, 0.29) is 16.5 Å². The number of Topliss-reactive ketones (excluding diaryl/α,β-unsaturated/α-hetero) is 1. The minimum Gasteiger partial charge on any atom is -0.507 e.